The summed E-state index contributed by atoms with van der Waals surface area (Å²) in [4.78, 5) is 4.39. The zero-order valence-corrected chi connectivity index (χ0v) is 17.7. The van der Waals surface area contributed by atoms with E-state index in [2.05, 4.69) is 10.1 Å². The van der Waals surface area contributed by atoms with Crippen LogP contribution in [0.2, 0.25) is 0 Å². The fourth-order valence-corrected chi connectivity index (χ4v) is 6.03. The molecular formula is C25H23FN3OP. The second kappa shape index (κ2) is 9.36. The third-order valence-corrected chi connectivity index (χ3v) is 7.87. The van der Waals surface area contributed by atoms with Crippen molar-refractivity contribution in [1.82, 2.24) is 10.1 Å². The van der Waals surface area contributed by atoms with E-state index in [1.54, 1.807) is 18.3 Å². The van der Waals surface area contributed by atoms with Crippen LogP contribution in [0.4, 0.5) is 4.39 Å². The molecule has 3 N–H and O–H groups in total. The molecule has 0 fully saturated rings. The smallest absolute Gasteiger partial charge is 0.205 e. The normalized spacial score (nSPS) is 13.5. The van der Waals surface area contributed by atoms with E-state index in [0.717, 1.165) is 5.56 Å². The lowest BCUT2D eigenvalue weighted by molar-refractivity contribution is 0.502. The number of nitrogens with zero attached hydrogens (tertiary/aromatic N) is 1. The van der Waals surface area contributed by atoms with Crippen LogP contribution < -0.4 is 21.4 Å². The maximum atomic E-state index is 14.5. The molecule has 0 aliphatic heterocycles. The van der Waals surface area contributed by atoms with Gasteiger partial charge in [0.1, 0.15) is 5.82 Å². The van der Waals surface area contributed by atoms with Crippen LogP contribution in [0.5, 0.6) is 0 Å². The third-order valence-electron chi connectivity index (χ3n) is 5.18. The maximum absolute atomic E-state index is 14.5. The molecule has 2 atom stereocenters. The van der Waals surface area contributed by atoms with Gasteiger partial charge in [-0.1, -0.05) is 54.6 Å². The molecule has 31 heavy (non-hydrogen) atoms. The van der Waals surface area contributed by atoms with Gasteiger partial charge in [0, 0.05) is 16.8 Å². The van der Waals surface area contributed by atoms with Crippen molar-refractivity contribution in [3.8, 4) is 0 Å². The first-order valence-electron chi connectivity index (χ1n) is 9.99. The Balaban J connectivity index is 1.83. The predicted molar refractivity (Wildman–Crippen MR) is 123 cm³/mol. The van der Waals surface area contributed by atoms with Gasteiger partial charge in [0.2, 0.25) is 7.29 Å². The Labute approximate surface area is 181 Å². The van der Waals surface area contributed by atoms with Crippen molar-refractivity contribution in [2.75, 3.05) is 0 Å². The lowest BCUT2D eigenvalue weighted by Gasteiger charge is -2.31. The Hall–Kier alpha value is -3.11. The van der Waals surface area contributed by atoms with Gasteiger partial charge in [-0.25, -0.2) is 4.39 Å². The van der Waals surface area contributed by atoms with Gasteiger partial charge >= 0.3 is 0 Å². The summed E-state index contributed by atoms with van der Waals surface area (Å²) in [5.41, 5.74) is 8.01. The topological polar surface area (TPSA) is 68.0 Å². The van der Waals surface area contributed by atoms with E-state index in [9.17, 15) is 8.96 Å². The second-order valence-corrected chi connectivity index (χ2v) is 9.73. The highest BCUT2D eigenvalue weighted by atomic mass is 31.2. The zero-order chi connectivity index (χ0) is 21.7. The molecule has 0 aliphatic carbocycles. The van der Waals surface area contributed by atoms with E-state index in [1.165, 1.54) is 12.1 Å². The number of nitrogens with one attached hydrogen (secondary N) is 1. The molecule has 0 bridgehead atoms. The SMILES string of the molecule is NC(c1ccccn1)C(NP(=O)(c1ccccc1)c1ccccc1)c1ccc(F)cc1. The van der Waals surface area contributed by atoms with E-state index >= 15 is 0 Å². The summed E-state index contributed by atoms with van der Waals surface area (Å²) >= 11 is 0. The van der Waals surface area contributed by atoms with Crippen LogP contribution in [0.15, 0.2) is 109 Å². The van der Waals surface area contributed by atoms with Crippen molar-refractivity contribution in [2.24, 2.45) is 5.73 Å². The summed E-state index contributed by atoms with van der Waals surface area (Å²) in [5.74, 6) is -0.344. The van der Waals surface area contributed by atoms with Crippen LogP contribution >= 0.6 is 7.29 Å². The number of benzene rings is 3. The lowest BCUT2D eigenvalue weighted by Crippen LogP contribution is -2.36. The average molecular weight is 431 g/mol. The van der Waals surface area contributed by atoms with Gasteiger partial charge in [0.05, 0.1) is 17.8 Å². The van der Waals surface area contributed by atoms with Gasteiger partial charge in [-0.2, -0.15) is 0 Å². The molecule has 0 radical (unpaired) electrons. The van der Waals surface area contributed by atoms with Crippen molar-refractivity contribution >= 4 is 17.9 Å². The zero-order valence-electron chi connectivity index (χ0n) is 16.8. The third kappa shape index (κ3) is 4.64. The van der Waals surface area contributed by atoms with Gasteiger partial charge in [-0.3, -0.25) is 14.6 Å². The van der Waals surface area contributed by atoms with Crippen LogP contribution in [0.3, 0.4) is 0 Å². The van der Waals surface area contributed by atoms with Gasteiger partial charge in [0.25, 0.3) is 0 Å². The quantitative estimate of drug-likeness (QED) is 0.424. The first-order valence-corrected chi connectivity index (χ1v) is 11.7. The molecule has 0 saturated carbocycles. The molecule has 156 valence electrons. The number of hydrogen-bond acceptors (Lipinski definition) is 3. The Morgan fingerprint density at radius 1 is 0.774 bits per heavy atom. The minimum Gasteiger partial charge on any atom is -0.321 e. The van der Waals surface area contributed by atoms with E-state index in [4.69, 9.17) is 5.73 Å². The minimum atomic E-state index is -3.28. The Morgan fingerprint density at radius 2 is 1.32 bits per heavy atom. The highest BCUT2D eigenvalue weighted by molar-refractivity contribution is 7.76. The van der Waals surface area contributed by atoms with E-state index in [-0.39, 0.29) is 5.82 Å². The van der Waals surface area contributed by atoms with E-state index < -0.39 is 19.4 Å². The van der Waals surface area contributed by atoms with Crippen molar-refractivity contribution in [1.29, 1.82) is 0 Å². The number of halogens is 1. The van der Waals surface area contributed by atoms with Crippen LogP contribution in [0.1, 0.15) is 23.3 Å². The monoisotopic (exact) mass is 431 g/mol. The summed E-state index contributed by atoms with van der Waals surface area (Å²) in [6.45, 7) is 0. The molecule has 6 heteroatoms. The maximum Gasteiger partial charge on any atom is 0.205 e. The number of hydrogen-bond donors (Lipinski definition) is 2. The standard InChI is InChI=1S/C25H23FN3OP/c26-20-16-14-19(15-17-20)25(24(27)23-13-7-8-18-28-23)29-31(30,21-9-3-1-4-10-21)22-11-5-2-6-12-22/h1-18,24-25H,27H2,(H,29,30). The van der Waals surface area contributed by atoms with Gasteiger partial charge in [-0.05, 0) is 54.1 Å². The van der Waals surface area contributed by atoms with Gasteiger partial charge in [0.15, 0.2) is 0 Å². The predicted octanol–water partition coefficient (Wildman–Crippen LogP) is 4.48. The Morgan fingerprint density at radius 3 is 1.84 bits per heavy atom. The van der Waals surface area contributed by atoms with Crippen LogP contribution in [-0.4, -0.2) is 4.98 Å². The van der Waals surface area contributed by atoms with Gasteiger partial charge in [-0.15, -0.1) is 0 Å². The van der Waals surface area contributed by atoms with Crippen molar-refractivity contribution in [3.05, 3.63) is 126 Å². The molecule has 0 saturated heterocycles. The molecule has 0 spiro atoms. The number of nitrogens with two attached hydrogens (primary N) is 1. The summed E-state index contributed by atoms with van der Waals surface area (Å²) < 4.78 is 28.2. The number of rotatable bonds is 7. The molecule has 1 heterocycles. The average Bonchev–Trinajstić information content (AvgIpc) is 2.84. The molecule has 0 amide bonds. The summed E-state index contributed by atoms with van der Waals surface area (Å²) in [6.07, 6.45) is 1.67. The summed E-state index contributed by atoms with van der Waals surface area (Å²) in [5, 5.41) is 4.70. The summed E-state index contributed by atoms with van der Waals surface area (Å²) in [6, 6.07) is 29.0. The second-order valence-electron chi connectivity index (χ2n) is 7.22. The van der Waals surface area contributed by atoms with Crippen molar-refractivity contribution < 1.29 is 8.96 Å². The van der Waals surface area contributed by atoms with Crippen molar-refractivity contribution in [2.45, 2.75) is 12.1 Å². The van der Waals surface area contributed by atoms with Gasteiger partial charge < -0.3 is 5.73 Å². The first kappa shape index (κ1) is 21.1. The molecular weight excluding hydrogens is 408 g/mol. The van der Waals surface area contributed by atoms with E-state index in [0.29, 0.717) is 16.3 Å². The molecule has 0 aliphatic rings. The molecule has 1 aromatic heterocycles. The molecule has 2 unspecified atom stereocenters. The lowest BCUT2D eigenvalue weighted by atomic mass is 9.98. The minimum absolute atomic E-state index is 0.344. The first-order chi connectivity index (χ1) is 15.1. The number of pyridine rings is 1. The Bertz CT molecular complexity index is 1110. The fourth-order valence-electron chi connectivity index (χ4n) is 3.55. The van der Waals surface area contributed by atoms with Crippen molar-refractivity contribution in [3.63, 3.8) is 0 Å². The highest BCUT2D eigenvalue weighted by Crippen LogP contribution is 2.44. The van der Waals surface area contributed by atoms with Crippen LogP contribution in [0.25, 0.3) is 0 Å². The largest absolute Gasteiger partial charge is 0.321 e. The summed E-state index contributed by atoms with van der Waals surface area (Å²) in [7, 11) is -3.28. The molecule has 4 nitrogen and oxygen atoms in total. The fraction of sp³-hybridized carbons (Fsp3) is 0.0800. The van der Waals surface area contributed by atoms with Crippen LogP contribution in [-0.2, 0) is 4.57 Å². The van der Waals surface area contributed by atoms with Crippen LogP contribution in [0, 0.1) is 5.82 Å². The Kier molecular flexibility index (Phi) is 6.38. The highest BCUT2D eigenvalue weighted by Gasteiger charge is 2.34. The number of aromatic nitrogens is 1. The molecule has 4 rings (SSSR count). The molecule has 4 aromatic rings. The molecule has 3 aromatic carbocycles. The van der Waals surface area contributed by atoms with E-state index in [1.807, 2.05) is 78.9 Å².